The van der Waals surface area contributed by atoms with Crippen LogP contribution in [-0.4, -0.2) is 27.8 Å². The van der Waals surface area contributed by atoms with Crippen molar-refractivity contribution in [3.8, 4) is 5.75 Å². The lowest BCUT2D eigenvalue weighted by Gasteiger charge is -2.02. The highest BCUT2D eigenvalue weighted by atomic mass is 32.2. The Bertz CT molecular complexity index is 489. The standard InChI is InChI=1S/C9H9O5S/c1-14-9(11)7-5-6(15(2,12)13)3-4-8(7)10/h3-5H,1-2H3. The molecule has 0 heterocycles. The maximum atomic E-state index is 11.2. The topological polar surface area (TPSA) is 80.3 Å². The molecule has 6 heteroatoms. The summed E-state index contributed by atoms with van der Waals surface area (Å²) in [4.78, 5) is 11.0. The SMILES string of the molecule is COC(=O)c1cc(S(C)(=O)=O)ccc1[O]. The van der Waals surface area contributed by atoms with Crippen LogP contribution in [0.25, 0.3) is 0 Å². The summed E-state index contributed by atoms with van der Waals surface area (Å²) in [6, 6.07) is 3.20. The van der Waals surface area contributed by atoms with Crippen LogP contribution in [0.5, 0.6) is 5.75 Å². The van der Waals surface area contributed by atoms with Crippen LogP contribution in [0.4, 0.5) is 0 Å². The van der Waals surface area contributed by atoms with E-state index in [1.165, 1.54) is 0 Å². The molecule has 0 N–H and O–H groups in total. The number of rotatable bonds is 2. The Hall–Kier alpha value is -1.56. The Morgan fingerprint density at radius 1 is 1.33 bits per heavy atom. The van der Waals surface area contributed by atoms with E-state index in [2.05, 4.69) is 4.74 Å². The molecule has 15 heavy (non-hydrogen) atoms. The van der Waals surface area contributed by atoms with Gasteiger partial charge in [-0.15, -0.1) is 0 Å². The smallest absolute Gasteiger partial charge is 0.341 e. The molecule has 0 aromatic heterocycles. The fraction of sp³-hybridized carbons (Fsp3) is 0.222. The zero-order valence-corrected chi connectivity index (χ0v) is 9.00. The van der Waals surface area contributed by atoms with Gasteiger partial charge in [0, 0.05) is 6.26 Å². The van der Waals surface area contributed by atoms with Gasteiger partial charge in [0.25, 0.3) is 0 Å². The minimum atomic E-state index is -3.43. The van der Waals surface area contributed by atoms with E-state index in [0.717, 1.165) is 31.6 Å². The molecule has 0 aliphatic heterocycles. The van der Waals surface area contributed by atoms with Gasteiger partial charge < -0.3 is 4.74 Å². The number of ether oxygens (including phenoxy) is 1. The number of carbonyl (C=O) groups excluding carboxylic acids is 1. The Kier molecular flexibility index (Phi) is 2.99. The minimum Gasteiger partial charge on any atom is -0.465 e. The zero-order valence-electron chi connectivity index (χ0n) is 8.18. The van der Waals surface area contributed by atoms with E-state index in [9.17, 15) is 18.3 Å². The molecular weight excluding hydrogens is 220 g/mol. The summed E-state index contributed by atoms with van der Waals surface area (Å²) < 4.78 is 26.7. The van der Waals surface area contributed by atoms with E-state index >= 15 is 0 Å². The molecule has 0 amide bonds. The first-order valence-corrected chi connectivity index (χ1v) is 5.85. The summed E-state index contributed by atoms with van der Waals surface area (Å²) in [6.45, 7) is 0. The average Bonchev–Trinajstić information content (AvgIpc) is 2.15. The normalized spacial score (nSPS) is 11.1. The summed E-state index contributed by atoms with van der Waals surface area (Å²) in [5.74, 6) is -1.40. The van der Waals surface area contributed by atoms with Crippen LogP contribution in [-0.2, 0) is 19.7 Å². The van der Waals surface area contributed by atoms with Crippen molar-refractivity contribution in [1.29, 1.82) is 0 Å². The number of sulfone groups is 1. The lowest BCUT2D eigenvalue weighted by Crippen LogP contribution is -2.04. The first-order valence-electron chi connectivity index (χ1n) is 3.95. The van der Waals surface area contributed by atoms with Crippen LogP contribution in [0, 0.1) is 0 Å². The van der Waals surface area contributed by atoms with Crippen LogP contribution in [0.15, 0.2) is 23.1 Å². The summed E-state index contributed by atoms with van der Waals surface area (Å²) in [5, 5.41) is 11.2. The second kappa shape index (κ2) is 3.90. The molecule has 1 aromatic carbocycles. The number of hydrogen-bond acceptors (Lipinski definition) is 4. The van der Waals surface area contributed by atoms with E-state index in [0.29, 0.717) is 0 Å². The summed E-state index contributed by atoms with van der Waals surface area (Å²) in [7, 11) is -2.31. The van der Waals surface area contributed by atoms with Crippen LogP contribution < -0.4 is 0 Å². The molecule has 0 aliphatic carbocycles. The number of carbonyl (C=O) groups is 1. The molecular formula is C9H9O5S. The third-order valence-electron chi connectivity index (χ3n) is 1.78. The van der Waals surface area contributed by atoms with Gasteiger partial charge in [-0.2, -0.15) is 0 Å². The molecule has 0 fully saturated rings. The van der Waals surface area contributed by atoms with Gasteiger partial charge in [0.15, 0.2) is 15.6 Å². The van der Waals surface area contributed by atoms with Gasteiger partial charge in [-0.3, -0.25) is 5.11 Å². The Labute approximate surface area is 87.2 Å². The first-order chi connectivity index (χ1) is 6.86. The fourth-order valence-corrected chi connectivity index (χ4v) is 1.66. The van der Waals surface area contributed by atoms with Crippen molar-refractivity contribution >= 4 is 15.8 Å². The Morgan fingerprint density at radius 2 is 1.93 bits per heavy atom. The van der Waals surface area contributed by atoms with Crippen molar-refractivity contribution in [2.75, 3.05) is 13.4 Å². The molecule has 81 valence electrons. The quantitative estimate of drug-likeness (QED) is 0.709. The van der Waals surface area contributed by atoms with Crippen molar-refractivity contribution in [2.24, 2.45) is 0 Å². The number of hydrogen-bond donors (Lipinski definition) is 0. The largest absolute Gasteiger partial charge is 0.465 e. The van der Waals surface area contributed by atoms with Gasteiger partial charge >= 0.3 is 5.97 Å². The fourth-order valence-electron chi connectivity index (χ4n) is 1.01. The molecule has 1 aromatic rings. The van der Waals surface area contributed by atoms with E-state index in [-0.39, 0.29) is 10.5 Å². The van der Waals surface area contributed by atoms with Gasteiger partial charge in [-0.05, 0) is 18.2 Å². The van der Waals surface area contributed by atoms with Crippen molar-refractivity contribution in [3.63, 3.8) is 0 Å². The third kappa shape index (κ3) is 2.47. The summed E-state index contributed by atoms with van der Waals surface area (Å²) in [5.41, 5.74) is -0.277. The minimum absolute atomic E-state index is 0.0810. The Balaban J connectivity index is 3.36. The highest BCUT2D eigenvalue weighted by Gasteiger charge is 2.17. The molecule has 0 saturated carbocycles. The van der Waals surface area contributed by atoms with E-state index < -0.39 is 21.6 Å². The van der Waals surface area contributed by atoms with E-state index in [1.54, 1.807) is 0 Å². The van der Waals surface area contributed by atoms with E-state index in [1.807, 2.05) is 0 Å². The summed E-state index contributed by atoms with van der Waals surface area (Å²) in [6.07, 6.45) is 0.994. The van der Waals surface area contributed by atoms with Crippen LogP contribution in [0.1, 0.15) is 10.4 Å². The molecule has 0 unspecified atom stereocenters. The predicted molar refractivity (Wildman–Crippen MR) is 51.0 cm³/mol. The predicted octanol–water partition coefficient (Wildman–Crippen LogP) is 1.02. The van der Waals surface area contributed by atoms with Gasteiger partial charge in [0.2, 0.25) is 0 Å². The number of benzene rings is 1. The van der Waals surface area contributed by atoms with Crippen molar-refractivity contribution < 1.29 is 23.1 Å². The first kappa shape index (κ1) is 11.5. The number of esters is 1. The second-order valence-electron chi connectivity index (χ2n) is 2.92. The molecule has 0 bridgehead atoms. The molecule has 5 nitrogen and oxygen atoms in total. The second-order valence-corrected chi connectivity index (χ2v) is 4.94. The van der Waals surface area contributed by atoms with Gasteiger partial charge in [0.05, 0.1) is 12.0 Å². The Morgan fingerprint density at radius 3 is 2.40 bits per heavy atom. The van der Waals surface area contributed by atoms with Gasteiger partial charge in [-0.25, -0.2) is 13.2 Å². The maximum Gasteiger partial charge on any atom is 0.341 e. The highest BCUT2D eigenvalue weighted by molar-refractivity contribution is 7.90. The lowest BCUT2D eigenvalue weighted by atomic mass is 10.2. The van der Waals surface area contributed by atoms with Gasteiger partial charge in [-0.1, -0.05) is 0 Å². The van der Waals surface area contributed by atoms with Crippen molar-refractivity contribution in [3.05, 3.63) is 23.8 Å². The monoisotopic (exact) mass is 229 g/mol. The average molecular weight is 229 g/mol. The number of methoxy groups -OCH3 is 1. The van der Waals surface area contributed by atoms with Crippen LogP contribution in [0.3, 0.4) is 0 Å². The maximum absolute atomic E-state index is 11.2. The van der Waals surface area contributed by atoms with Crippen LogP contribution in [0.2, 0.25) is 0 Å². The summed E-state index contributed by atoms with van der Waals surface area (Å²) >= 11 is 0. The molecule has 1 radical (unpaired) electrons. The zero-order chi connectivity index (χ0) is 11.6. The van der Waals surface area contributed by atoms with E-state index in [4.69, 9.17) is 0 Å². The van der Waals surface area contributed by atoms with Crippen molar-refractivity contribution in [2.45, 2.75) is 4.90 Å². The van der Waals surface area contributed by atoms with Crippen LogP contribution >= 0.6 is 0 Å². The van der Waals surface area contributed by atoms with Gasteiger partial charge in [0.1, 0.15) is 5.56 Å². The van der Waals surface area contributed by atoms with Crippen molar-refractivity contribution in [1.82, 2.24) is 0 Å². The molecule has 0 aliphatic rings. The molecule has 1 rings (SSSR count). The molecule has 0 spiro atoms. The molecule has 0 saturated heterocycles. The third-order valence-corrected chi connectivity index (χ3v) is 2.89. The molecule has 0 atom stereocenters. The highest BCUT2D eigenvalue weighted by Crippen LogP contribution is 2.22. The lowest BCUT2D eigenvalue weighted by molar-refractivity contribution is 0.0595.